The maximum atomic E-state index is 12.3. The third-order valence-corrected chi connectivity index (χ3v) is 5.27. The van der Waals surface area contributed by atoms with Crippen molar-refractivity contribution in [3.63, 3.8) is 0 Å². The van der Waals surface area contributed by atoms with Crippen LogP contribution < -0.4 is 4.72 Å². The van der Waals surface area contributed by atoms with Crippen molar-refractivity contribution < 1.29 is 13.5 Å². The Bertz CT molecular complexity index is 528. The predicted molar refractivity (Wildman–Crippen MR) is 76.5 cm³/mol. The molecule has 112 valence electrons. The van der Waals surface area contributed by atoms with Gasteiger partial charge < -0.3 is 5.11 Å². The molecule has 0 saturated heterocycles. The van der Waals surface area contributed by atoms with E-state index in [0.717, 1.165) is 25.7 Å². The van der Waals surface area contributed by atoms with Gasteiger partial charge in [0.1, 0.15) is 0 Å². The van der Waals surface area contributed by atoms with Gasteiger partial charge in [-0.2, -0.15) is 0 Å². The van der Waals surface area contributed by atoms with Crippen molar-refractivity contribution in [1.29, 1.82) is 0 Å². The predicted octanol–water partition coefficient (Wildman–Crippen LogP) is 1.82. The summed E-state index contributed by atoms with van der Waals surface area (Å²) in [5.74, 6) is 0.673. The van der Waals surface area contributed by atoms with Crippen LogP contribution in [0.4, 0.5) is 0 Å². The van der Waals surface area contributed by atoms with Crippen molar-refractivity contribution in [2.24, 2.45) is 5.92 Å². The fourth-order valence-electron chi connectivity index (χ4n) is 2.55. The smallest absolute Gasteiger partial charge is 0.258 e. The molecule has 0 radical (unpaired) electrons. The maximum absolute atomic E-state index is 12.3. The zero-order valence-electron chi connectivity index (χ0n) is 11.7. The lowest BCUT2D eigenvalue weighted by Gasteiger charge is -2.16. The molecule has 1 heterocycles. The standard InChI is InChI=1S/C14H22N2O3S/c1-11-3-2-4-13(7-5-11)16-20(18,19)14-8-6-12(10-17)9-15-14/h6,8-9,11,13,16-17H,2-5,7,10H2,1H3. The van der Waals surface area contributed by atoms with Crippen molar-refractivity contribution >= 4 is 10.0 Å². The molecule has 2 N–H and O–H groups in total. The lowest BCUT2D eigenvalue weighted by Crippen LogP contribution is -2.34. The Morgan fingerprint density at radius 3 is 2.75 bits per heavy atom. The number of aromatic nitrogens is 1. The number of hydrogen-bond acceptors (Lipinski definition) is 4. The van der Waals surface area contributed by atoms with E-state index in [1.807, 2.05) is 0 Å². The lowest BCUT2D eigenvalue weighted by molar-refractivity contribution is 0.281. The number of nitrogens with one attached hydrogen (secondary N) is 1. The molecule has 0 amide bonds. The second-order valence-electron chi connectivity index (χ2n) is 5.59. The van der Waals surface area contributed by atoms with Gasteiger partial charge in [-0.05, 0) is 36.8 Å². The number of sulfonamides is 1. The van der Waals surface area contributed by atoms with Crippen LogP contribution in [-0.2, 0) is 16.6 Å². The average Bonchev–Trinajstić information content (AvgIpc) is 2.63. The van der Waals surface area contributed by atoms with E-state index in [4.69, 9.17) is 5.11 Å². The largest absolute Gasteiger partial charge is 0.392 e. The summed E-state index contributed by atoms with van der Waals surface area (Å²) in [7, 11) is -3.56. The van der Waals surface area contributed by atoms with E-state index in [2.05, 4.69) is 16.6 Å². The van der Waals surface area contributed by atoms with E-state index in [0.29, 0.717) is 11.5 Å². The molecule has 0 spiro atoms. The van der Waals surface area contributed by atoms with Gasteiger partial charge in [0.05, 0.1) is 6.61 Å². The molecule has 6 heteroatoms. The summed E-state index contributed by atoms with van der Waals surface area (Å²) in [6, 6.07) is 3.02. The van der Waals surface area contributed by atoms with Crippen molar-refractivity contribution in [2.75, 3.05) is 0 Å². The lowest BCUT2D eigenvalue weighted by atomic mass is 10.0. The first-order chi connectivity index (χ1) is 9.51. The van der Waals surface area contributed by atoms with Crippen LogP contribution in [0.15, 0.2) is 23.4 Å². The minimum absolute atomic E-state index is 0.00395. The molecule has 1 aromatic heterocycles. The topological polar surface area (TPSA) is 79.3 Å². The number of pyridine rings is 1. The molecule has 2 atom stereocenters. The van der Waals surface area contributed by atoms with Crippen LogP contribution in [-0.4, -0.2) is 24.6 Å². The van der Waals surface area contributed by atoms with Crippen molar-refractivity contribution in [2.45, 2.75) is 56.7 Å². The summed E-state index contributed by atoms with van der Waals surface area (Å²) in [5, 5.41) is 8.96. The Morgan fingerprint density at radius 1 is 1.30 bits per heavy atom. The number of aliphatic hydroxyl groups excluding tert-OH is 1. The SMILES string of the molecule is CC1CCCC(NS(=O)(=O)c2ccc(CO)cn2)CC1. The molecule has 1 fully saturated rings. The first kappa shape index (κ1) is 15.4. The number of rotatable bonds is 4. The van der Waals surface area contributed by atoms with Crippen LogP contribution in [0.3, 0.4) is 0 Å². The highest BCUT2D eigenvalue weighted by Crippen LogP contribution is 2.23. The van der Waals surface area contributed by atoms with Gasteiger partial charge in [-0.1, -0.05) is 25.8 Å². The summed E-state index contributed by atoms with van der Waals surface area (Å²) in [4.78, 5) is 3.91. The van der Waals surface area contributed by atoms with Crippen LogP contribution >= 0.6 is 0 Å². The fourth-order valence-corrected chi connectivity index (χ4v) is 3.78. The minimum Gasteiger partial charge on any atom is -0.392 e. The van der Waals surface area contributed by atoms with Gasteiger partial charge in [0, 0.05) is 12.2 Å². The molecule has 2 unspecified atom stereocenters. The molecule has 5 nitrogen and oxygen atoms in total. The van der Waals surface area contributed by atoms with Gasteiger partial charge in [-0.15, -0.1) is 0 Å². The van der Waals surface area contributed by atoms with E-state index in [9.17, 15) is 8.42 Å². The molecule has 1 aliphatic carbocycles. The average molecular weight is 298 g/mol. The van der Waals surface area contributed by atoms with Crippen LogP contribution in [0.2, 0.25) is 0 Å². The van der Waals surface area contributed by atoms with Crippen LogP contribution in [0.5, 0.6) is 0 Å². The fraction of sp³-hybridized carbons (Fsp3) is 0.643. The van der Waals surface area contributed by atoms with Gasteiger partial charge in [-0.25, -0.2) is 18.1 Å². The van der Waals surface area contributed by atoms with E-state index < -0.39 is 10.0 Å². The highest BCUT2D eigenvalue weighted by Gasteiger charge is 2.23. The second-order valence-corrected chi connectivity index (χ2v) is 7.26. The van der Waals surface area contributed by atoms with Gasteiger partial charge in [0.15, 0.2) is 5.03 Å². The van der Waals surface area contributed by atoms with Gasteiger partial charge >= 0.3 is 0 Å². The monoisotopic (exact) mass is 298 g/mol. The summed E-state index contributed by atoms with van der Waals surface area (Å²) in [6.07, 6.45) is 6.45. The molecule has 1 aliphatic rings. The Hall–Kier alpha value is -0.980. The summed E-state index contributed by atoms with van der Waals surface area (Å²) >= 11 is 0. The number of nitrogens with zero attached hydrogens (tertiary/aromatic N) is 1. The Balaban J connectivity index is 2.05. The van der Waals surface area contributed by atoms with Gasteiger partial charge in [0.25, 0.3) is 10.0 Å². The Labute approximate surface area is 120 Å². The van der Waals surface area contributed by atoms with Crippen molar-refractivity contribution in [3.8, 4) is 0 Å². The van der Waals surface area contributed by atoms with Crippen LogP contribution in [0, 0.1) is 5.92 Å². The Kier molecular flexibility index (Phi) is 5.12. The molecular weight excluding hydrogens is 276 g/mol. The highest BCUT2D eigenvalue weighted by atomic mass is 32.2. The van der Waals surface area contributed by atoms with Crippen molar-refractivity contribution in [1.82, 2.24) is 9.71 Å². The van der Waals surface area contributed by atoms with E-state index in [1.54, 1.807) is 6.07 Å². The van der Waals surface area contributed by atoms with Crippen LogP contribution in [0.25, 0.3) is 0 Å². The van der Waals surface area contributed by atoms with Crippen molar-refractivity contribution in [3.05, 3.63) is 23.9 Å². The highest BCUT2D eigenvalue weighted by molar-refractivity contribution is 7.89. The summed E-state index contributed by atoms with van der Waals surface area (Å²) in [6.45, 7) is 2.08. The van der Waals surface area contributed by atoms with Gasteiger partial charge in [-0.3, -0.25) is 0 Å². The van der Waals surface area contributed by atoms with E-state index >= 15 is 0 Å². The molecule has 1 saturated carbocycles. The molecule has 0 aliphatic heterocycles. The molecule has 20 heavy (non-hydrogen) atoms. The molecule has 0 bridgehead atoms. The molecule has 1 aromatic rings. The van der Waals surface area contributed by atoms with E-state index in [1.165, 1.54) is 18.7 Å². The van der Waals surface area contributed by atoms with Gasteiger partial charge in [0.2, 0.25) is 0 Å². The maximum Gasteiger partial charge on any atom is 0.258 e. The summed E-state index contributed by atoms with van der Waals surface area (Å²) < 4.78 is 27.3. The normalized spacial score (nSPS) is 24.3. The number of aliphatic hydroxyl groups is 1. The number of hydrogen-bond donors (Lipinski definition) is 2. The van der Waals surface area contributed by atoms with Crippen LogP contribution in [0.1, 0.15) is 44.6 Å². The zero-order valence-corrected chi connectivity index (χ0v) is 12.6. The molecular formula is C14H22N2O3S. The first-order valence-electron chi connectivity index (χ1n) is 7.09. The van der Waals surface area contributed by atoms with E-state index in [-0.39, 0.29) is 17.7 Å². The third kappa shape index (κ3) is 4.01. The second kappa shape index (κ2) is 6.65. The zero-order chi connectivity index (χ0) is 14.6. The summed E-state index contributed by atoms with van der Waals surface area (Å²) in [5.41, 5.74) is 0.604. The molecule has 0 aromatic carbocycles. The Morgan fingerprint density at radius 2 is 2.10 bits per heavy atom. The quantitative estimate of drug-likeness (QED) is 0.831. The first-order valence-corrected chi connectivity index (χ1v) is 8.57. The minimum atomic E-state index is -3.56. The molecule has 2 rings (SSSR count). The third-order valence-electron chi connectivity index (χ3n) is 3.83.